The molecule has 4 rings (SSSR count). The molecule has 0 saturated carbocycles. The van der Waals surface area contributed by atoms with Gasteiger partial charge in [-0.1, -0.05) is 41.9 Å². The second-order valence-electron chi connectivity index (χ2n) is 7.98. The van der Waals surface area contributed by atoms with Gasteiger partial charge in [0.2, 0.25) is 0 Å². The zero-order valence-electron chi connectivity index (χ0n) is 16.8. The Morgan fingerprint density at radius 1 is 1.21 bits per heavy atom. The Kier molecular flexibility index (Phi) is 6.34. The van der Waals surface area contributed by atoms with Crippen LogP contribution in [0.25, 0.3) is 11.0 Å². The van der Waals surface area contributed by atoms with Crippen molar-refractivity contribution in [3.8, 4) is 0 Å². The number of fused-ring (bicyclic) bond motifs is 1. The summed E-state index contributed by atoms with van der Waals surface area (Å²) < 4.78 is 5.69. The van der Waals surface area contributed by atoms with Crippen LogP contribution in [0.4, 0.5) is 0 Å². The molecule has 4 nitrogen and oxygen atoms in total. The van der Waals surface area contributed by atoms with Gasteiger partial charge in [-0.05, 0) is 56.6 Å². The van der Waals surface area contributed by atoms with E-state index < -0.39 is 0 Å². The number of nitrogens with zero attached hydrogens (tertiary/aromatic N) is 2. The van der Waals surface area contributed by atoms with E-state index in [9.17, 15) is 4.79 Å². The maximum absolute atomic E-state index is 12.9. The van der Waals surface area contributed by atoms with Gasteiger partial charge in [0.15, 0.2) is 5.43 Å². The van der Waals surface area contributed by atoms with Crippen LogP contribution in [0, 0.1) is 0 Å². The summed E-state index contributed by atoms with van der Waals surface area (Å²) in [6.07, 6.45) is 5.01. The Bertz CT molecular complexity index is 1020. The van der Waals surface area contributed by atoms with Crippen LogP contribution in [-0.2, 0) is 13.0 Å². The number of halogens is 1. The van der Waals surface area contributed by atoms with E-state index in [1.54, 1.807) is 24.5 Å². The number of hydrogen-bond donors (Lipinski definition) is 0. The van der Waals surface area contributed by atoms with Gasteiger partial charge in [0.1, 0.15) is 5.58 Å². The first-order valence-electron chi connectivity index (χ1n) is 10.3. The van der Waals surface area contributed by atoms with Crippen molar-refractivity contribution >= 4 is 22.6 Å². The van der Waals surface area contributed by atoms with Crippen LogP contribution in [0.5, 0.6) is 0 Å². The standard InChI is InChI=1S/C24H27ClN2O2/c1-26(13-11-18-6-3-2-4-7-18)21-8-5-12-27(16-21)15-19-17-29-23-10-9-20(25)14-22(23)24(19)28/h2-4,6-7,9-10,14,17,21H,5,8,11-13,15-16H2,1H3. The predicted octanol–water partition coefficient (Wildman–Crippen LogP) is 4.59. The third kappa shape index (κ3) is 4.89. The molecule has 1 aliphatic rings. The molecule has 1 atom stereocenters. The van der Waals surface area contributed by atoms with E-state index in [1.807, 2.05) is 0 Å². The molecule has 1 aliphatic heterocycles. The lowest BCUT2D eigenvalue weighted by molar-refractivity contribution is 0.112. The SMILES string of the molecule is CN(CCc1ccccc1)C1CCCN(Cc2coc3ccc(Cl)cc3c2=O)C1. The Morgan fingerprint density at radius 2 is 2.03 bits per heavy atom. The molecule has 2 heterocycles. The summed E-state index contributed by atoms with van der Waals surface area (Å²) in [5.41, 5.74) is 2.68. The molecule has 1 unspecified atom stereocenters. The maximum atomic E-state index is 12.9. The van der Waals surface area contributed by atoms with Crippen LogP contribution in [0.3, 0.4) is 0 Å². The highest BCUT2D eigenvalue weighted by Gasteiger charge is 2.24. The van der Waals surface area contributed by atoms with Crippen LogP contribution in [0.15, 0.2) is 64.0 Å². The number of benzene rings is 2. The number of likely N-dealkylation sites (tertiary alicyclic amines) is 1. The minimum atomic E-state index is 0.0216. The average molecular weight is 411 g/mol. The van der Waals surface area contributed by atoms with Crippen molar-refractivity contribution in [1.29, 1.82) is 0 Å². The van der Waals surface area contributed by atoms with E-state index in [0.717, 1.165) is 32.5 Å². The summed E-state index contributed by atoms with van der Waals surface area (Å²) in [5, 5.41) is 1.11. The molecule has 0 spiro atoms. The molecule has 152 valence electrons. The van der Waals surface area contributed by atoms with E-state index >= 15 is 0 Å². The van der Waals surface area contributed by atoms with Gasteiger partial charge in [-0.3, -0.25) is 9.69 Å². The highest BCUT2D eigenvalue weighted by atomic mass is 35.5. The van der Waals surface area contributed by atoms with Crippen molar-refractivity contribution in [1.82, 2.24) is 9.80 Å². The second kappa shape index (κ2) is 9.12. The highest BCUT2D eigenvalue weighted by molar-refractivity contribution is 6.31. The van der Waals surface area contributed by atoms with Gasteiger partial charge in [-0.15, -0.1) is 0 Å². The van der Waals surface area contributed by atoms with Crippen molar-refractivity contribution in [3.63, 3.8) is 0 Å². The van der Waals surface area contributed by atoms with Crippen LogP contribution in [0.2, 0.25) is 5.02 Å². The fraction of sp³-hybridized carbons (Fsp3) is 0.375. The van der Waals surface area contributed by atoms with Gasteiger partial charge in [-0.2, -0.15) is 0 Å². The van der Waals surface area contributed by atoms with Gasteiger partial charge in [0.05, 0.1) is 11.6 Å². The maximum Gasteiger partial charge on any atom is 0.197 e. The van der Waals surface area contributed by atoms with Crippen molar-refractivity contribution in [2.24, 2.45) is 0 Å². The van der Waals surface area contributed by atoms with E-state index in [1.165, 1.54) is 12.0 Å². The quantitative estimate of drug-likeness (QED) is 0.595. The normalized spacial score (nSPS) is 17.8. The topological polar surface area (TPSA) is 36.7 Å². The van der Waals surface area contributed by atoms with Crippen molar-refractivity contribution in [2.45, 2.75) is 31.8 Å². The third-order valence-electron chi connectivity index (χ3n) is 5.90. The summed E-state index contributed by atoms with van der Waals surface area (Å²) in [7, 11) is 2.21. The number of piperidine rings is 1. The van der Waals surface area contributed by atoms with Crippen LogP contribution >= 0.6 is 11.6 Å². The molecule has 0 aliphatic carbocycles. The summed E-state index contributed by atoms with van der Waals surface area (Å²) >= 11 is 6.07. The molecule has 0 amide bonds. The molecule has 0 radical (unpaired) electrons. The first-order valence-corrected chi connectivity index (χ1v) is 10.6. The zero-order chi connectivity index (χ0) is 20.2. The predicted molar refractivity (Wildman–Crippen MR) is 119 cm³/mol. The lowest BCUT2D eigenvalue weighted by Crippen LogP contribution is -2.47. The van der Waals surface area contributed by atoms with Gasteiger partial charge in [0.25, 0.3) is 0 Å². The molecule has 1 saturated heterocycles. The van der Waals surface area contributed by atoms with E-state index in [2.05, 4.69) is 47.2 Å². The van der Waals surface area contributed by atoms with Crippen LogP contribution in [-0.4, -0.2) is 42.5 Å². The molecular formula is C24H27ClN2O2. The third-order valence-corrected chi connectivity index (χ3v) is 6.14. The molecule has 5 heteroatoms. The number of likely N-dealkylation sites (N-methyl/N-ethyl adjacent to an activating group) is 1. The van der Waals surface area contributed by atoms with Gasteiger partial charge >= 0.3 is 0 Å². The average Bonchev–Trinajstić information content (AvgIpc) is 2.75. The minimum absolute atomic E-state index is 0.0216. The Labute approximate surface area is 176 Å². The molecule has 3 aromatic rings. The molecule has 29 heavy (non-hydrogen) atoms. The zero-order valence-corrected chi connectivity index (χ0v) is 17.6. The fourth-order valence-corrected chi connectivity index (χ4v) is 4.33. The van der Waals surface area contributed by atoms with Gasteiger partial charge in [-0.25, -0.2) is 0 Å². The fourth-order valence-electron chi connectivity index (χ4n) is 4.16. The summed E-state index contributed by atoms with van der Waals surface area (Å²) in [4.78, 5) is 17.7. The largest absolute Gasteiger partial charge is 0.464 e. The lowest BCUT2D eigenvalue weighted by Gasteiger charge is -2.37. The van der Waals surface area contributed by atoms with Crippen molar-refractivity contribution in [2.75, 3.05) is 26.7 Å². The Hall–Kier alpha value is -2.14. The van der Waals surface area contributed by atoms with E-state index in [4.69, 9.17) is 16.0 Å². The molecule has 0 N–H and O–H groups in total. The highest BCUT2D eigenvalue weighted by Crippen LogP contribution is 2.20. The number of rotatable bonds is 6. The summed E-state index contributed by atoms with van der Waals surface area (Å²) in [5.74, 6) is 0. The van der Waals surface area contributed by atoms with Crippen LogP contribution in [0.1, 0.15) is 24.0 Å². The van der Waals surface area contributed by atoms with E-state index in [-0.39, 0.29) is 5.43 Å². The first kappa shape index (κ1) is 20.1. The molecular weight excluding hydrogens is 384 g/mol. The molecule has 2 aromatic carbocycles. The van der Waals surface area contributed by atoms with E-state index in [0.29, 0.717) is 34.1 Å². The minimum Gasteiger partial charge on any atom is -0.464 e. The summed E-state index contributed by atoms with van der Waals surface area (Å²) in [6, 6.07) is 16.3. The van der Waals surface area contributed by atoms with Crippen molar-refractivity contribution in [3.05, 3.63) is 81.2 Å². The van der Waals surface area contributed by atoms with Crippen LogP contribution < -0.4 is 5.43 Å². The van der Waals surface area contributed by atoms with Crippen molar-refractivity contribution < 1.29 is 4.42 Å². The smallest absolute Gasteiger partial charge is 0.197 e. The summed E-state index contributed by atoms with van der Waals surface area (Å²) in [6.45, 7) is 3.64. The molecule has 1 aromatic heterocycles. The first-order chi connectivity index (χ1) is 14.1. The number of hydrogen-bond acceptors (Lipinski definition) is 4. The van der Waals surface area contributed by atoms with Gasteiger partial charge < -0.3 is 9.32 Å². The molecule has 0 bridgehead atoms. The van der Waals surface area contributed by atoms with Gasteiger partial charge in [0, 0.05) is 36.3 Å². The Morgan fingerprint density at radius 3 is 2.86 bits per heavy atom. The lowest BCUT2D eigenvalue weighted by atomic mass is 10.0. The second-order valence-corrected chi connectivity index (χ2v) is 8.41. The molecule has 1 fully saturated rings. The Balaban J connectivity index is 1.40. The monoisotopic (exact) mass is 410 g/mol.